The van der Waals surface area contributed by atoms with Gasteiger partial charge in [-0.1, -0.05) is 78.9 Å². The maximum atomic E-state index is 12.8. The molecule has 4 nitrogen and oxygen atoms in total. The summed E-state index contributed by atoms with van der Waals surface area (Å²) in [6.07, 6.45) is 4.37. The molecule has 160 valence electrons. The third-order valence-electron chi connectivity index (χ3n) is 5.62. The van der Waals surface area contributed by atoms with E-state index in [1.165, 1.54) is 16.0 Å². The molecule has 1 aliphatic rings. The van der Waals surface area contributed by atoms with Crippen LogP contribution in [0.3, 0.4) is 0 Å². The van der Waals surface area contributed by atoms with Crippen molar-refractivity contribution in [3.05, 3.63) is 100 Å². The second-order valence-corrected chi connectivity index (χ2v) is 8.71. The zero-order chi connectivity index (χ0) is 21.3. The second-order valence-electron chi connectivity index (χ2n) is 7.73. The topological polar surface area (TPSA) is 35.6 Å². The van der Waals surface area contributed by atoms with Gasteiger partial charge in [0.1, 0.15) is 0 Å². The molecule has 1 aliphatic heterocycles. The number of piperazine rings is 1. The second kappa shape index (κ2) is 11.0. The molecule has 1 atom stereocenters. The number of hydrogen-bond acceptors (Lipinski definition) is 4. The lowest BCUT2D eigenvalue weighted by atomic mass is 10.1. The van der Waals surface area contributed by atoms with Gasteiger partial charge in [-0.3, -0.25) is 15.0 Å². The van der Waals surface area contributed by atoms with E-state index in [-0.39, 0.29) is 11.9 Å². The lowest BCUT2D eigenvalue weighted by Crippen LogP contribution is -2.50. The van der Waals surface area contributed by atoms with Gasteiger partial charge in [-0.25, -0.2) is 0 Å². The van der Waals surface area contributed by atoms with Crippen molar-refractivity contribution in [3.63, 3.8) is 0 Å². The number of rotatable bonds is 8. The predicted octanol–water partition coefficient (Wildman–Crippen LogP) is 4.28. The zero-order valence-corrected chi connectivity index (χ0v) is 18.5. The zero-order valence-electron chi connectivity index (χ0n) is 17.7. The molecule has 1 amide bonds. The first-order valence-corrected chi connectivity index (χ1v) is 11.7. The van der Waals surface area contributed by atoms with E-state index in [1.807, 2.05) is 29.2 Å². The Morgan fingerprint density at radius 3 is 2.32 bits per heavy atom. The SMILES string of the molecule is O=C(CNC(c1ccccc1)c1cccs1)N1CCN(C/C=C/c2ccccc2)CC1. The van der Waals surface area contributed by atoms with Gasteiger partial charge in [0.15, 0.2) is 0 Å². The molecule has 1 aromatic heterocycles. The van der Waals surface area contributed by atoms with E-state index < -0.39 is 0 Å². The number of thiophene rings is 1. The number of amides is 1. The Bertz CT molecular complexity index is 949. The molecule has 2 aromatic carbocycles. The van der Waals surface area contributed by atoms with Crippen LogP contribution in [0, 0.1) is 0 Å². The molecule has 1 fully saturated rings. The van der Waals surface area contributed by atoms with E-state index in [2.05, 4.69) is 76.3 Å². The molecule has 5 heteroatoms. The number of carbonyl (C=O) groups is 1. The molecule has 0 bridgehead atoms. The van der Waals surface area contributed by atoms with Crippen molar-refractivity contribution in [1.29, 1.82) is 0 Å². The van der Waals surface area contributed by atoms with E-state index >= 15 is 0 Å². The van der Waals surface area contributed by atoms with Crippen LogP contribution in [0.4, 0.5) is 0 Å². The van der Waals surface area contributed by atoms with E-state index in [4.69, 9.17) is 0 Å². The first kappa shape index (κ1) is 21.5. The molecule has 1 N–H and O–H groups in total. The predicted molar refractivity (Wildman–Crippen MR) is 129 cm³/mol. The van der Waals surface area contributed by atoms with Crippen LogP contribution in [0.5, 0.6) is 0 Å². The molecular weight excluding hydrogens is 402 g/mol. The van der Waals surface area contributed by atoms with Gasteiger partial charge in [0.25, 0.3) is 0 Å². The van der Waals surface area contributed by atoms with E-state index in [0.29, 0.717) is 6.54 Å². The summed E-state index contributed by atoms with van der Waals surface area (Å²) in [5, 5.41) is 5.58. The molecule has 1 unspecified atom stereocenters. The van der Waals surface area contributed by atoms with Crippen molar-refractivity contribution in [2.24, 2.45) is 0 Å². The standard InChI is InChI=1S/C26H29N3OS/c30-25(21-27-26(24-14-8-20-31-24)23-12-5-2-6-13-23)29-18-16-28(17-19-29)15-7-11-22-9-3-1-4-10-22/h1-14,20,26-27H,15-19,21H2/b11-7+. The average Bonchev–Trinajstić information content (AvgIpc) is 3.36. The lowest BCUT2D eigenvalue weighted by molar-refractivity contribution is -0.132. The van der Waals surface area contributed by atoms with Gasteiger partial charge < -0.3 is 4.90 Å². The molecule has 1 saturated heterocycles. The largest absolute Gasteiger partial charge is 0.339 e. The fourth-order valence-corrected chi connectivity index (χ4v) is 4.69. The summed E-state index contributed by atoms with van der Waals surface area (Å²) in [4.78, 5) is 18.5. The number of nitrogens with one attached hydrogen (secondary N) is 1. The highest BCUT2D eigenvalue weighted by Crippen LogP contribution is 2.25. The van der Waals surface area contributed by atoms with Gasteiger partial charge in [0.05, 0.1) is 12.6 Å². The molecular formula is C26H29N3OS. The van der Waals surface area contributed by atoms with Crippen LogP contribution in [0.2, 0.25) is 0 Å². The highest BCUT2D eigenvalue weighted by molar-refractivity contribution is 7.10. The Morgan fingerprint density at radius 2 is 1.65 bits per heavy atom. The summed E-state index contributed by atoms with van der Waals surface area (Å²) >= 11 is 1.72. The normalized spacial score (nSPS) is 15.9. The summed E-state index contributed by atoms with van der Waals surface area (Å²) in [5.74, 6) is 0.178. The monoisotopic (exact) mass is 431 g/mol. The smallest absolute Gasteiger partial charge is 0.236 e. The molecule has 0 spiro atoms. The van der Waals surface area contributed by atoms with Gasteiger partial charge in [0.2, 0.25) is 5.91 Å². The van der Waals surface area contributed by atoms with E-state index in [1.54, 1.807) is 11.3 Å². The summed E-state index contributed by atoms with van der Waals surface area (Å²) < 4.78 is 0. The first-order valence-electron chi connectivity index (χ1n) is 10.8. The first-order chi connectivity index (χ1) is 15.3. The molecule has 3 aromatic rings. The van der Waals surface area contributed by atoms with Crippen molar-refractivity contribution >= 4 is 23.3 Å². The van der Waals surface area contributed by atoms with Gasteiger partial charge >= 0.3 is 0 Å². The summed E-state index contributed by atoms with van der Waals surface area (Å²) in [5.41, 5.74) is 2.41. The minimum Gasteiger partial charge on any atom is -0.339 e. The fraction of sp³-hybridized carbons (Fsp3) is 0.269. The van der Waals surface area contributed by atoms with Crippen LogP contribution in [-0.4, -0.2) is 55.0 Å². The van der Waals surface area contributed by atoms with Gasteiger partial charge in [-0.15, -0.1) is 11.3 Å². The number of nitrogens with zero attached hydrogens (tertiary/aromatic N) is 2. The van der Waals surface area contributed by atoms with Crippen molar-refractivity contribution in [3.8, 4) is 0 Å². The molecule has 2 heterocycles. The van der Waals surface area contributed by atoms with Crippen molar-refractivity contribution < 1.29 is 4.79 Å². The van der Waals surface area contributed by atoms with Gasteiger partial charge in [0, 0.05) is 37.6 Å². The van der Waals surface area contributed by atoms with Crippen LogP contribution < -0.4 is 5.32 Å². The Kier molecular flexibility index (Phi) is 7.66. The van der Waals surface area contributed by atoms with Crippen LogP contribution in [0.1, 0.15) is 22.0 Å². The van der Waals surface area contributed by atoms with Gasteiger partial charge in [-0.05, 0) is 22.6 Å². The number of benzene rings is 2. The van der Waals surface area contributed by atoms with E-state index in [0.717, 1.165) is 32.7 Å². The Balaban J connectivity index is 1.25. The van der Waals surface area contributed by atoms with Crippen LogP contribution in [0.15, 0.2) is 84.3 Å². The number of carbonyl (C=O) groups excluding carboxylic acids is 1. The number of hydrogen-bond donors (Lipinski definition) is 1. The van der Waals surface area contributed by atoms with Crippen LogP contribution in [-0.2, 0) is 4.79 Å². The maximum absolute atomic E-state index is 12.8. The minimum absolute atomic E-state index is 0.0505. The summed E-state index contributed by atoms with van der Waals surface area (Å²) in [6, 6.07) is 24.9. The Hall–Kier alpha value is -2.73. The van der Waals surface area contributed by atoms with Crippen LogP contribution in [0.25, 0.3) is 6.08 Å². The highest BCUT2D eigenvalue weighted by atomic mass is 32.1. The van der Waals surface area contributed by atoms with Crippen LogP contribution >= 0.6 is 11.3 Å². The third-order valence-corrected chi connectivity index (χ3v) is 6.55. The molecule has 0 saturated carbocycles. The maximum Gasteiger partial charge on any atom is 0.236 e. The molecule has 31 heavy (non-hydrogen) atoms. The molecule has 0 aliphatic carbocycles. The fourth-order valence-electron chi connectivity index (χ4n) is 3.87. The quantitative estimate of drug-likeness (QED) is 0.578. The summed E-state index contributed by atoms with van der Waals surface area (Å²) in [7, 11) is 0. The Labute approximate surface area is 188 Å². The van der Waals surface area contributed by atoms with Gasteiger partial charge in [-0.2, -0.15) is 0 Å². The third kappa shape index (κ3) is 6.14. The van der Waals surface area contributed by atoms with Crippen molar-refractivity contribution in [2.45, 2.75) is 6.04 Å². The van der Waals surface area contributed by atoms with Crippen molar-refractivity contribution in [1.82, 2.24) is 15.1 Å². The summed E-state index contributed by atoms with van der Waals surface area (Å²) in [6.45, 7) is 4.67. The Morgan fingerprint density at radius 1 is 0.935 bits per heavy atom. The minimum atomic E-state index is 0.0505. The lowest BCUT2D eigenvalue weighted by Gasteiger charge is -2.34. The van der Waals surface area contributed by atoms with E-state index in [9.17, 15) is 4.79 Å². The molecule has 0 radical (unpaired) electrons. The van der Waals surface area contributed by atoms with Crippen molar-refractivity contribution in [2.75, 3.05) is 39.3 Å². The average molecular weight is 432 g/mol. The highest BCUT2D eigenvalue weighted by Gasteiger charge is 2.22. The molecule has 4 rings (SSSR count).